The lowest BCUT2D eigenvalue weighted by atomic mass is 9.85. The Bertz CT molecular complexity index is 359. The Labute approximate surface area is 96.3 Å². The van der Waals surface area contributed by atoms with Gasteiger partial charge in [0.1, 0.15) is 5.82 Å². The third-order valence-electron chi connectivity index (χ3n) is 4.44. The highest BCUT2D eigenvalue weighted by atomic mass is 19.1. The molecular weight excluding hydrogens is 201 g/mol. The van der Waals surface area contributed by atoms with Crippen molar-refractivity contribution in [2.75, 3.05) is 7.05 Å². The Kier molecular flexibility index (Phi) is 2.47. The van der Waals surface area contributed by atoms with Crippen molar-refractivity contribution in [2.24, 2.45) is 0 Å². The van der Waals surface area contributed by atoms with Crippen molar-refractivity contribution in [1.82, 2.24) is 4.90 Å². The van der Waals surface area contributed by atoms with E-state index >= 15 is 0 Å². The van der Waals surface area contributed by atoms with Crippen LogP contribution in [0.3, 0.4) is 0 Å². The molecule has 86 valence electrons. The van der Waals surface area contributed by atoms with Gasteiger partial charge in [0, 0.05) is 12.1 Å². The van der Waals surface area contributed by atoms with Crippen molar-refractivity contribution in [1.29, 1.82) is 0 Å². The van der Waals surface area contributed by atoms with E-state index in [4.69, 9.17) is 0 Å². The van der Waals surface area contributed by atoms with E-state index in [-0.39, 0.29) is 5.82 Å². The topological polar surface area (TPSA) is 3.24 Å². The van der Waals surface area contributed by atoms with Gasteiger partial charge in [0.2, 0.25) is 0 Å². The summed E-state index contributed by atoms with van der Waals surface area (Å²) >= 11 is 0. The number of nitrogens with zero attached hydrogens (tertiary/aromatic N) is 1. The van der Waals surface area contributed by atoms with E-state index in [1.54, 1.807) is 12.1 Å². The van der Waals surface area contributed by atoms with Gasteiger partial charge in [0.15, 0.2) is 0 Å². The lowest BCUT2D eigenvalue weighted by Crippen LogP contribution is -2.39. The SMILES string of the molecule is CN1[C@@H]2CC[C@H]1CC(c1ccc(F)cc1)C2. The van der Waals surface area contributed by atoms with Crippen molar-refractivity contribution in [3.8, 4) is 0 Å². The minimum Gasteiger partial charge on any atom is -0.300 e. The first-order chi connectivity index (χ1) is 7.74. The summed E-state index contributed by atoms with van der Waals surface area (Å²) in [6, 6.07) is 8.63. The first-order valence-electron chi connectivity index (χ1n) is 6.21. The van der Waals surface area contributed by atoms with Crippen LogP contribution in [-0.4, -0.2) is 24.0 Å². The molecule has 2 fully saturated rings. The Morgan fingerprint density at radius 2 is 1.62 bits per heavy atom. The van der Waals surface area contributed by atoms with Crippen LogP contribution in [0.1, 0.15) is 37.2 Å². The number of hydrogen-bond donors (Lipinski definition) is 0. The predicted octanol–water partition coefficient (Wildman–Crippen LogP) is 3.17. The Morgan fingerprint density at radius 1 is 1.06 bits per heavy atom. The van der Waals surface area contributed by atoms with Gasteiger partial charge in [-0.15, -0.1) is 0 Å². The number of rotatable bonds is 1. The van der Waals surface area contributed by atoms with Gasteiger partial charge in [0.05, 0.1) is 0 Å². The standard InChI is InChI=1S/C14H18FN/c1-16-13-6-7-14(16)9-11(8-13)10-2-4-12(15)5-3-10/h2-5,11,13-14H,6-9H2,1H3/t11?,13-,14+. The molecule has 1 aromatic rings. The third-order valence-corrected chi connectivity index (χ3v) is 4.44. The van der Waals surface area contributed by atoms with Gasteiger partial charge < -0.3 is 4.90 Å². The van der Waals surface area contributed by atoms with Crippen LogP contribution in [0.15, 0.2) is 24.3 Å². The maximum Gasteiger partial charge on any atom is 0.123 e. The van der Waals surface area contributed by atoms with Crippen LogP contribution in [0.2, 0.25) is 0 Å². The molecule has 0 amide bonds. The second kappa shape index (κ2) is 3.85. The van der Waals surface area contributed by atoms with E-state index in [0.29, 0.717) is 5.92 Å². The van der Waals surface area contributed by atoms with Crippen LogP contribution < -0.4 is 0 Å². The quantitative estimate of drug-likeness (QED) is 0.701. The molecule has 0 radical (unpaired) electrons. The molecule has 2 heterocycles. The highest BCUT2D eigenvalue weighted by Crippen LogP contribution is 2.41. The van der Waals surface area contributed by atoms with Crippen molar-refractivity contribution in [2.45, 2.75) is 43.7 Å². The molecule has 0 N–H and O–H groups in total. The zero-order valence-electron chi connectivity index (χ0n) is 9.70. The minimum absolute atomic E-state index is 0.125. The van der Waals surface area contributed by atoms with Crippen molar-refractivity contribution in [3.63, 3.8) is 0 Å². The molecule has 0 aromatic heterocycles. The van der Waals surface area contributed by atoms with E-state index in [2.05, 4.69) is 11.9 Å². The summed E-state index contributed by atoms with van der Waals surface area (Å²) in [6.45, 7) is 0. The molecule has 3 rings (SSSR count). The second-order valence-corrected chi connectivity index (χ2v) is 5.27. The maximum absolute atomic E-state index is 12.9. The van der Waals surface area contributed by atoms with Crippen molar-refractivity contribution >= 4 is 0 Å². The molecule has 0 spiro atoms. The number of hydrogen-bond acceptors (Lipinski definition) is 1. The van der Waals surface area contributed by atoms with Crippen LogP contribution in [0, 0.1) is 5.82 Å². The lowest BCUT2D eigenvalue weighted by Gasteiger charge is -2.36. The minimum atomic E-state index is -0.125. The van der Waals surface area contributed by atoms with E-state index in [9.17, 15) is 4.39 Å². The van der Waals surface area contributed by atoms with E-state index < -0.39 is 0 Å². The fourth-order valence-electron chi connectivity index (χ4n) is 3.42. The molecule has 2 bridgehead atoms. The van der Waals surface area contributed by atoms with Crippen LogP contribution in [0.5, 0.6) is 0 Å². The zero-order valence-corrected chi connectivity index (χ0v) is 9.70. The Hall–Kier alpha value is -0.890. The predicted molar refractivity (Wildman–Crippen MR) is 62.9 cm³/mol. The molecule has 2 aliphatic rings. The normalized spacial score (nSPS) is 34.2. The molecule has 2 saturated heterocycles. The van der Waals surface area contributed by atoms with Gasteiger partial charge in [-0.3, -0.25) is 0 Å². The van der Waals surface area contributed by atoms with Gasteiger partial charge in [0.25, 0.3) is 0 Å². The monoisotopic (exact) mass is 219 g/mol. The molecule has 2 aliphatic heterocycles. The van der Waals surface area contributed by atoms with E-state index in [1.807, 2.05) is 12.1 Å². The van der Waals surface area contributed by atoms with Crippen LogP contribution >= 0.6 is 0 Å². The van der Waals surface area contributed by atoms with E-state index in [0.717, 1.165) is 12.1 Å². The number of fused-ring (bicyclic) bond motifs is 2. The fraction of sp³-hybridized carbons (Fsp3) is 0.571. The summed E-state index contributed by atoms with van der Waals surface area (Å²) in [6.07, 6.45) is 5.19. The average Bonchev–Trinajstić information content (AvgIpc) is 2.54. The summed E-state index contributed by atoms with van der Waals surface area (Å²) in [4.78, 5) is 2.54. The van der Waals surface area contributed by atoms with E-state index in [1.165, 1.54) is 31.2 Å². The fourth-order valence-corrected chi connectivity index (χ4v) is 3.42. The first kappa shape index (κ1) is 10.3. The Morgan fingerprint density at radius 3 is 2.19 bits per heavy atom. The summed E-state index contributed by atoms with van der Waals surface area (Å²) in [5, 5.41) is 0. The van der Waals surface area contributed by atoms with Crippen LogP contribution in [-0.2, 0) is 0 Å². The largest absolute Gasteiger partial charge is 0.300 e. The molecule has 0 aliphatic carbocycles. The summed E-state index contributed by atoms with van der Waals surface area (Å²) in [7, 11) is 2.25. The summed E-state index contributed by atoms with van der Waals surface area (Å²) in [5.41, 5.74) is 1.33. The third kappa shape index (κ3) is 1.65. The molecule has 2 heteroatoms. The Balaban J connectivity index is 1.80. The van der Waals surface area contributed by atoms with Crippen molar-refractivity contribution in [3.05, 3.63) is 35.6 Å². The molecule has 3 atom stereocenters. The number of piperidine rings is 1. The van der Waals surface area contributed by atoms with Crippen molar-refractivity contribution < 1.29 is 4.39 Å². The molecule has 1 unspecified atom stereocenters. The lowest BCUT2D eigenvalue weighted by molar-refractivity contribution is 0.161. The molecule has 0 saturated carbocycles. The number of halogens is 1. The van der Waals surface area contributed by atoms with Gasteiger partial charge in [-0.1, -0.05) is 12.1 Å². The van der Waals surface area contributed by atoms with Gasteiger partial charge >= 0.3 is 0 Å². The number of benzene rings is 1. The summed E-state index contributed by atoms with van der Waals surface area (Å²) in [5.74, 6) is 0.522. The first-order valence-corrected chi connectivity index (χ1v) is 6.21. The molecule has 1 aromatic carbocycles. The summed E-state index contributed by atoms with van der Waals surface area (Å²) < 4.78 is 12.9. The molecular formula is C14H18FN. The van der Waals surface area contributed by atoms with Crippen LogP contribution in [0.25, 0.3) is 0 Å². The van der Waals surface area contributed by atoms with Gasteiger partial charge in [-0.25, -0.2) is 4.39 Å². The maximum atomic E-state index is 12.9. The van der Waals surface area contributed by atoms with Crippen LogP contribution in [0.4, 0.5) is 4.39 Å². The molecule has 16 heavy (non-hydrogen) atoms. The average molecular weight is 219 g/mol. The van der Waals surface area contributed by atoms with Gasteiger partial charge in [-0.2, -0.15) is 0 Å². The second-order valence-electron chi connectivity index (χ2n) is 5.27. The zero-order chi connectivity index (χ0) is 11.1. The highest BCUT2D eigenvalue weighted by Gasteiger charge is 2.38. The highest BCUT2D eigenvalue weighted by molar-refractivity contribution is 5.22. The smallest absolute Gasteiger partial charge is 0.123 e. The van der Waals surface area contributed by atoms with Gasteiger partial charge in [-0.05, 0) is 56.3 Å². The molecule has 1 nitrogen and oxygen atoms in total.